The third-order valence-corrected chi connectivity index (χ3v) is 5.05. The number of non-ortho nitro benzene ring substituents is 1. The van der Waals surface area contributed by atoms with Gasteiger partial charge in [0.1, 0.15) is 11.5 Å². The summed E-state index contributed by atoms with van der Waals surface area (Å²) < 4.78 is 6.08. The van der Waals surface area contributed by atoms with Gasteiger partial charge in [0.05, 0.1) is 27.7 Å². The van der Waals surface area contributed by atoms with E-state index in [1.807, 2.05) is 0 Å². The minimum atomic E-state index is -1.53. The Morgan fingerprint density at radius 1 is 0.903 bits per heavy atom. The van der Waals surface area contributed by atoms with E-state index in [4.69, 9.17) is 4.74 Å². The first-order chi connectivity index (χ1) is 14.8. The van der Waals surface area contributed by atoms with Crippen LogP contribution in [-0.2, 0) is 0 Å². The number of imide groups is 1. The average Bonchev–Trinajstić information content (AvgIpc) is 2.98. The molecule has 10 heteroatoms. The molecule has 1 heterocycles. The SMILES string of the molecule is O=C([O-])c1cc(Br)ccc1N1C(=O)c2ccc(Oc3ccc([N+](=O)[O-])cc3)cc2C1=O. The van der Waals surface area contributed by atoms with Crippen molar-refractivity contribution in [2.24, 2.45) is 0 Å². The number of hydrogen-bond acceptors (Lipinski definition) is 7. The highest BCUT2D eigenvalue weighted by atomic mass is 79.9. The first-order valence-corrected chi connectivity index (χ1v) is 9.51. The average molecular weight is 482 g/mol. The maximum absolute atomic E-state index is 12.9. The Morgan fingerprint density at radius 3 is 2.19 bits per heavy atom. The van der Waals surface area contributed by atoms with Crippen LogP contribution in [-0.4, -0.2) is 22.7 Å². The molecule has 0 N–H and O–H groups in total. The van der Waals surface area contributed by atoms with Crippen molar-refractivity contribution in [2.45, 2.75) is 0 Å². The van der Waals surface area contributed by atoms with E-state index >= 15 is 0 Å². The monoisotopic (exact) mass is 481 g/mol. The smallest absolute Gasteiger partial charge is 0.269 e. The maximum atomic E-state index is 12.9. The number of ether oxygens (including phenoxy) is 1. The van der Waals surface area contributed by atoms with Crippen molar-refractivity contribution >= 4 is 45.1 Å². The number of nitro groups is 1. The molecule has 154 valence electrons. The number of halogens is 1. The number of anilines is 1. The number of benzene rings is 3. The molecular weight excluding hydrogens is 472 g/mol. The number of aromatic carboxylic acids is 1. The van der Waals surface area contributed by atoms with E-state index in [1.54, 1.807) is 0 Å². The van der Waals surface area contributed by atoms with Crippen LogP contribution in [0.2, 0.25) is 0 Å². The lowest BCUT2D eigenvalue weighted by molar-refractivity contribution is -0.384. The van der Waals surface area contributed by atoms with Crippen LogP contribution in [0, 0.1) is 10.1 Å². The van der Waals surface area contributed by atoms with Gasteiger partial charge < -0.3 is 14.6 Å². The van der Waals surface area contributed by atoms with Gasteiger partial charge in [-0.05, 0) is 48.5 Å². The number of rotatable bonds is 5. The van der Waals surface area contributed by atoms with Crippen LogP contribution >= 0.6 is 15.9 Å². The molecule has 1 aliphatic heterocycles. The van der Waals surface area contributed by atoms with Crippen LogP contribution < -0.4 is 14.7 Å². The van der Waals surface area contributed by atoms with E-state index in [-0.39, 0.29) is 33.8 Å². The summed E-state index contributed by atoms with van der Waals surface area (Å²) in [4.78, 5) is 48.2. The van der Waals surface area contributed by atoms with Gasteiger partial charge in [-0.2, -0.15) is 0 Å². The van der Waals surface area contributed by atoms with E-state index in [1.165, 1.54) is 60.7 Å². The molecule has 0 aliphatic carbocycles. The van der Waals surface area contributed by atoms with Gasteiger partial charge in [0, 0.05) is 22.2 Å². The van der Waals surface area contributed by atoms with Gasteiger partial charge in [0.25, 0.3) is 17.5 Å². The number of hydrogen-bond donors (Lipinski definition) is 0. The van der Waals surface area contributed by atoms with Gasteiger partial charge in [-0.3, -0.25) is 19.7 Å². The predicted octanol–water partition coefficient (Wildman–Crippen LogP) is 3.31. The van der Waals surface area contributed by atoms with Crippen molar-refractivity contribution in [2.75, 3.05) is 4.90 Å². The van der Waals surface area contributed by atoms with Crippen LogP contribution in [0.5, 0.6) is 11.5 Å². The predicted molar refractivity (Wildman–Crippen MR) is 109 cm³/mol. The molecule has 31 heavy (non-hydrogen) atoms. The Morgan fingerprint density at radius 2 is 1.55 bits per heavy atom. The minimum Gasteiger partial charge on any atom is -0.545 e. The molecule has 2 amide bonds. The van der Waals surface area contributed by atoms with Gasteiger partial charge >= 0.3 is 0 Å². The zero-order valence-electron chi connectivity index (χ0n) is 15.4. The number of nitro benzene ring substituents is 1. The summed E-state index contributed by atoms with van der Waals surface area (Å²) in [5.41, 5.74) is -0.390. The third kappa shape index (κ3) is 3.64. The molecule has 4 rings (SSSR count). The summed E-state index contributed by atoms with van der Waals surface area (Å²) in [7, 11) is 0. The highest BCUT2D eigenvalue weighted by Crippen LogP contribution is 2.34. The van der Waals surface area contributed by atoms with E-state index in [9.17, 15) is 29.6 Å². The van der Waals surface area contributed by atoms with Crippen LogP contribution in [0.25, 0.3) is 0 Å². The van der Waals surface area contributed by atoms with E-state index in [2.05, 4.69) is 15.9 Å². The molecule has 0 spiro atoms. The second-order valence-corrected chi connectivity index (χ2v) is 7.37. The molecule has 3 aromatic rings. The lowest BCUT2D eigenvalue weighted by Gasteiger charge is -2.19. The van der Waals surface area contributed by atoms with Gasteiger partial charge in [-0.15, -0.1) is 0 Å². The Balaban J connectivity index is 1.67. The molecule has 9 nitrogen and oxygen atoms in total. The molecule has 0 bridgehead atoms. The van der Waals surface area contributed by atoms with E-state index in [0.717, 1.165) is 4.90 Å². The first-order valence-electron chi connectivity index (χ1n) is 8.72. The molecule has 0 saturated heterocycles. The van der Waals surface area contributed by atoms with E-state index < -0.39 is 22.7 Å². The summed E-state index contributed by atoms with van der Waals surface area (Å²) >= 11 is 3.15. The molecule has 0 aromatic heterocycles. The van der Waals surface area contributed by atoms with Crippen molar-refractivity contribution in [3.8, 4) is 11.5 Å². The molecule has 0 unspecified atom stereocenters. The largest absolute Gasteiger partial charge is 0.545 e. The van der Waals surface area contributed by atoms with Gasteiger partial charge in [-0.1, -0.05) is 15.9 Å². The van der Waals surface area contributed by atoms with Crippen LogP contribution in [0.15, 0.2) is 65.1 Å². The second kappa shape index (κ2) is 7.65. The Hall–Kier alpha value is -4.05. The first kappa shape index (κ1) is 20.2. The highest BCUT2D eigenvalue weighted by molar-refractivity contribution is 9.10. The van der Waals surface area contributed by atoms with Crippen molar-refractivity contribution < 1.29 is 29.2 Å². The Labute approximate surface area is 182 Å². The molecule has 3 aromatic carbocycles. The summed E-state index contributed by atoms with van der Waals surface area (Å²) in [5.74, 6) is -2.39. The molecule has 0 fully saturated rings. The summed E-state index contributed by atoms with van der Waals surface area (Å²) in [6.07, 6.45) is 0. The Bertz CT molecular complexity index is 1270. The van der Waals surface area contributed by atoms with Gasteiger partial charge in [-0.25, -0.2) is 4.90 Å². The molecule has 1 aliphatic rings. The van der Waals surface area contributed by atoms with Gasteiger partial charge in [0.2, 0.25) is 0 Å². The van der Waals surface area contributed by atoms with Crippen molar-refractivity contribution in [3.05, 3.63) is 91.9 Å². The molecule has 0 saturated carbocycles. The summed E-state index contributed by atoms with van der Waals surface area (Å²) in [5, 5.41) is 22.2. The quantitative estimate of drug-likeness (QED) is 0.310. The topological polar surface area (TPSA) is 130 Å². The number of carboxylic acid groups (broad SMARTS) is 1. The molecule has 0 atom stereocenters. The summed E-state index contributed by atoms with van der Waals surface area (Å²) in [6.45, 7) is 0. The van der Waals surface area contributed by atoms with Crippen LogP contribution in [0.1, 0.15) is 31.1 Å². The van der Waals surface area contributed by atoms with Crippen molar-refractivity contribution in [3.63, 3.8) is 0 Å². The summed E-state index contributed by atoms with van der Waals surface area (Å²) in [6, 6.07) is 13.7. The number of amides is 2. The Kier molecular flexibility index (Phi) is 4.99. The minimum absolute atomic E-state index is 0.0385. The maximum Gasteiger partial charge on any atom is 0.269 e. The molecular formula is C21H10BrN2O7-. The van der Waals surface area contributed by atoms with Crippen LogP contribution in [0.3, 0.4) is 0 Å². The second-order valence-electron chi connectivity index (χ2n) is 6.46. The van der Waals surface area contributed by atoms with Crippen molar-refractivity contribution in [1.82, 2.24) is 0 Å². The fourth-order valence-electron chi connectivity index (χ4n) is 3.14. The zero-order chi connectivity index (χ0) is 22.3. The highest BCUT2D eigenvalue weighted by Gasteiger charge is 2.38. The lowest BCUT2D eigenvalue weighted by atomic mass is 10.1. The number of carbonyl (C=O) groups is 3. The fraction of sp³-hybridized carbons (Fsp3) is 0. The fourth-order valence-corrected chi connectivity index (χ4v) is 3.50. The standard InChI is InChI=1S/C21H11BrN2O7/c22-11-1-8-18(17(9-11)21(27)28)23-19(25)15-7-6-14(10-16(15)20(23)26)31-13-4-2-12(3-5-13)24(29)30/h1-10H,(H,27,28)/p-1. The number of fused-ring (bicyclic) bond motifs is 1. The normalized spacial score (nSPS) is 12.6. The third-order valence-electron chi connectivity index (χ3n) is 4.56. The van der Waals surface area contributed by atoms with Gasteiger partial charge in [0.15, 0.2) is 0 Å². The lowest BCUT2D eigenvalue weighted by Crippen LogP contribution is -2.33. The number of carboxylic acids is 1. The number of nitrogens with zero attached hydrogens (tertiary/aromatic N) is 2. The zero-order valence-corrected chi connectivity index (χ0v) is 17.0. The number of carbonyl (C=O) groups excluding carboxylic acids is 3. The van der Waals surface area contributed by atoms with Crippen molar-refractivity contribution in [1.29, 1.82) is 0 Å². The van der Waals surface area contributed by atoms with Crippen LogP contribution in [0.4, 0.5) is 11.4 Å². The van der Waals surface area contributed by atoms with E-state index in [0.29, 0.717) is 10.2 Å². The molecule has 0 radical (unpaired) electrons.